The number of rotatable bonds is 8. The van der Waals surface area contributed by atoms with Gasteiger partial charge in [0.15, 0.2) is 0 Å². The van der Waals surface area contributed by atoms with Crippen LogP contribution in [-0.2, 0) is 14.8 Å². The molecule has 0 radical (unpaired) electrons. The highest BCUT2D eigenvalue weighted by Crippen LogP contribution is 2.16. The third kappa shape index (κ3) is 4.80. The monoisotopic (exact) mass is 316 g/mol. The van der Waals surface area contributed by atoms with Crippen LogP contribution in [-0.4, -0.2) is 30.5 Å². The highest BCUT2D eigenvalue weighted by atomic mass is 32.2. The van der Waals surface area contributed by atoms with Crippen LogP contribution in [0.25, 0.3) is 0 Å². The van der Waals surface area contributed by atoms with Crippen molar-refractivity contribution in [2.75, 3.05) is 0 Å². The summed E-state index contributed by atoms with van der Waals surface area (Å²) < 4.78 is 26.2. The molecule has 0 bridgehead atoms. The van der Waals surface area contributed by atoms with Crippen LogP contribution < -0.4 is 4.72 Å². The molecule has 1 atom stereocenters. The molecule has 1 aromatic carbocycles. The lowest BCUT2D eigenvalue weighted by atomic mass is 10.1. The molecule has 0 aliphatic carbocycles. The topological polar surface area (TPSA) is 127 Å². The lowest BCUT2D eigenvalue weighted by molar-refractivity contribution is -0.384. The van der Waals surface area contributed by atoms with Gasteiger partial charge in [0.05, 0.1) is 9.82 Å². The average Bonchev–Trinajstić information content (AvgIpc) is 2.43. The molecule has 0 saturated carbocycles. The van der Waals surface area contributed by atoms with Crippen molar-refractivity contribution in [2.24, 2.45) is 0 Å². The lowest BCUT2D eigenvalue weighted by Crippen LogP contribution is -2.40. The standard InChI is InChI=1S/C12H16N2O6S/c1-2-3-4-11(12(15)16)13-21(19,20)10-7-5-9(6-8-10)14(17)18/h5-8,11,13H,2-4H2,1H3,(H,15,16)/t11-/m0/s1. The summed E-state index contributed by atoms with van der Waals surface area (Å²) in [5.41, 5.74) is -0.241. The van der Waals surface area contributed by atoms with Gasteiger partial charge in [-0.1, -0.05) is 19.8 Å². The third-order valence-electron chi connectivity index (χ3n) is 2.80. The quantitative estimate of drug-likeness (QED) is 0.553. The second-order valence-electron chi connectivity index (χ2n) is 4.41. The summed E-state index contributed by atoms with van der Waals surface area (Å²) in [5.74, 6) is -1.26. The van der Waals surface area contributed by atoms with Gasteiger partial charge in [-0.05, 0) is 18.6 Å². The maximum absolute atomic E-state index is 12.0. The predicted octanol–water partition coefficient (Wildman–Crippen LogP) is 1.52. The molecule has 0 aliphatic rings. The minimum Gasteiger partial charge on any atom is -0.480 e. The normalized spacial score (nSPS) is 12.8. The molecule has 21 heavy (non-hydrogen) atoms. The average molecular weight is 316 g/mol. The molecule has 9 heteroatoms. The number of sulfonamides is 1. The Balaban J connectivity index is 2.93. The van der Waals surface area contributed by atoms with Gasteiger partial charge in [-0.2, -0.15) is 4.72 Å². The molecule has 1 aromatic rings. The number of nitrogens with one attached hydrogen (secondary N) is 1. The predicted molar refractivity (Wildman–Crippen MR) is 74.4 cm³/mol. The van der Waals surface area contributed by atoms with Crippen molar-refractivity contribution in [3.63, 3.8) is 0 Å². The number of nitro groups is 1. The van der Waals surface area contributed by atoms with Crippen molar-refractivity contribution in [1.82, 2.24) is 4.72 Å². The van der Waals surface area contributed by atoms with E-state index in [1.807, 2.05) is 6.92 Å². The highest BCUT2D eigenvalue weighted by molar-refractivity contribution is 7.89. The lowest BCUT2D eigenvalue weighted by Gasteiger charge is -2.14. The van der Waals surface area contributed by atoms with Crippen LogP contribution in [0.1, 0.15) is 26.2 Å². The molecule has 0 heterocycles. The molecule has 0 unspecified atom stereocenters. The summed E-state index contributed by atoms with van der Waals surface area (Å²) in [6.45, 7) is 1.86. The van der Waals surface area contributed by atoms with Crippen LogP contribution in [0.4, 0.5) is 5.69 Å². The van der Waals surface area contributed by atoms with Gasteiger partial charge in [0.1, 0.15) is 6.04 Å². The largest absolute Gasteiger partial charge is 0.480 e. The highest BCUT2D eigenvalue weighted by Gasteiger charge is 2.25. The summed E-state index contributed by atoms with van der Waals surface area (Å²) in [7, 11) is -4.03. The fraction of sp³-hybridized carbons (Fsp3) is 0.417. The smallest absolute Gasteiger partial charge is 0.321 e. The number of aliphatic carboxylic acids is 1. The zero-order chi connectivity index (χ0) is 16.0. The molecule has 0 fully saturated rings. The van der Waals surface area contributed by atoms with Crippen molar-refractivity contribution < 1.29 is 23.2 Å². The number of nitro benzene ring substituents is 1. The zero-order valence-corrected chi connectivity index (χ0v) is 12.2. The van der Waals surface area contributed by atoms with Crippen molar-refractivity contribution in [3.8, 4) is 0 Å². The number of hydrogen-bond acceptors (Lipinski definition) is 5. The first kappa shape index (κ1) is 17.1. The van der Waals surface area contributed by atoms with Gasteiger partial charge in [-0.15, -0.1) is 0 Å². The van der Waals surface area contributed by atoms with Crippen LogP contribution in [0.15, 0.2) is 29.2 Å². The molecule has 0 saturated heterocycles. The fourth-order valence-electron chi connectivity index (χ4n) is 1.64. The summed E-state index contributed by atoms with van der Waals surface area (Å²) >= 11 is 0. The van der Waals surface area contributed by atoms with E-state index in [0.717, 1.165) is 30.7 Å². The number of carboxylic acids is 1. The second kappa shape index (κ2) is 7.14. The number of benzene rings is 1. The maximum Gasteiger partial charge on any atom is 0.321 e. The minimum absolute atomic E-state index is 0.179. The number of carboxylic acid groups (broad SMARTS) is 1. The van der Waals surface area contributed by atoms with E-state index in [1.165, 1.54) is 0 Å². The fourth-order valence-corrected chi connectivity index (χ4v) is 2.87. The van der Waals surface area contributed by atoms with Crippen molar-refractivity contribution in [1.29, 1.82) is 0 Å². The van der Waals surface area contributed by atoms with E-state index in [-0.39, 0.29) is 17.0 Å². The van der Waals surface area contributed by atoms with Crippen LogP contribution in [0.5, 0.6) is 0 Å². The summed E-state index contributed by atoms with van der Waals surface area (Å²) in [5, 5.41) is 19.5. The Bertz CT molecular complexity index is 611. The van der Waals surface area contributed by atoms with Gasteiger partial charge >= 0.3 is 5.97 Å². The van der Waals surface area contributed by atoms with E-state index in [4.69, 9.17) is 5.11 Å². The Morgan fingerprint density at radius 2 is 1.95 bits per heavy atom. The molecule has 1 rings (SSSR count). The van der Waals surface area contributed by atoms with Crippen LogP contribution in [0, 0.1) is 10.1 Å². The zero-order valence-electron chi connectivity index (χ0n) is 11.4. The molecule has 8 nitrogen and oxygen atoms in total. The third-order valence-corrected chi connectivity index (χ3v) is 4.29. The molecule has 116 valence electrons. The van der Waals surface area contributed by atoms with Crippen molar-refractivity contribution in [3.05, 3.63) is 34.4 Å². The van der Waals surface area contributed by atoms with E-state index in [0.29, 0.717) is 6.42 Å². The van der Waals surface area contributed by atoms with Crippen LogP contribution in [0.3, 0.4) is 0 Å². The van der Waals surface area contributed by atoms with Crippen LogP contribution >= 0.6 is 0 Å². The van der Waals surface area contributed by atoms with Crippen LogP contribution in [0.2, 0.25) is 0 Å². The van der Waals surface area contributed by atoms with Gasteiger partial charge in [0, 0.05) is 12.1 Å². The summed E-state index contributed by atoms with van der Waals surface area (Å²) in [6.07, 6.45) is 1.49. The maximum atomic E-state index is 12.0. The second-order valence-corrected chi connectivity index (χ2v) is 6.12. The van der Waals surface area contributed by atoms with E-state index >= 15 is 0 Å². The number of non-ortho nitro benzene ring substituents is 1. The van der Waals surface area contributed by atoms with E-state index < -0.39 is 27.0 Å². The number of nitrogens with zero attached hydrogens (tertiary/aromatic N) is 1. The minimum atomic E-state index is -4.03. The molecule has 0 aliphatic heterocycles. The van der Waals surface area contributed by atoms with Gasteiger partial charge in [0.2, 0.25) is 10.0 Å². The van der Waals surface area contributed by atoms with Gasteiger partial charge in [0.25, 0.3) is 5.69 Å². The Kier molecular flexibility index (Phi) is 5.79. The molecule has 0 spiro atoms. The van der Waals surface area contributed by atoms with Gasteiger partial charge in [-0.3, -0.25) is 14.9 Å². The first-order chi connectivity index (χ1) is 9.77. The van der Waals surface area contributed by atoms with Crippen molar-refractivity contribution >= 4 is 21.7 Å². The SMILES string of the molecule is CCCC[C@H](NS(=O)(=O)c1ccc([N+](=O)[O-])cc1)C(=O)O. The van der Waals surface area contributed by atoms with E-state index in [9.17, 15) is 23.3 Å². The molecular weight excluding hydrogens is 300 g/mol. The molecule has 0 aromatic heterocycles. The molecule has 0 amide bonds. The number of hydrogen-bond donors (Lipinski definition) is 2. The van der Waals surface area contributed by atoms with E-state index in [1.54, 1.807) is 0 Å². The molecular formula is C12H16N2O6S. The first-order valence-corrected chi connectivity index (χ1v) is 7.76. The Morgan fingerprint density at radius 1 is 1.38 bits per heavy atom. The Morgan fingerprint density at radius 3 is 2.38 bits per heavy atom. The van der Waals surface area contributed by atoms with E-state index in [2.05, 4.69) is 4.72 Å². The van der Waals surface area contributed by atoms with Crippen molar-refractivity contribution in [2.45, 2.75) is 37.1 Å². The van der Waals surface area contributed by atoms with Gasteiger partial charge in [-0.25, -0.2) is 8.42 Å². The Hall–Kier alpha value is -2.00. The summed E-state index contributed by atoms with van der Waals surface area (Å²) in [4.78, 5) is 20.7. The number of carbonyl (C=O) groups is 1. The van der Waals surface area contributed by atoms with Gasteiger partial charge < -0.3 is 5.11 Å². The Labute approximate surface area is 122 Å². The number of unbranched alkanes of at least 4 members (excludes halogenated alkanes) is 1. The molecule has 2 N–H and O–H groups in total. The first-order valence-electron chi connectivity index (χ1n) is 6.27. The summed E-state index contributed by atoms with van der Waals surface area (Å²) in [6, 6.07) is 3.02.